The predicted octanol–water partition coefficient (Wildman–Crippen LogP) is 3.45. The number of aromatic nitrogens is 2. The first kappa shape index (κ1) is 16.6. The first-order chi connectivity index (χ1) is 12.5. The minimum absolute atomic E-state index is 0.0162. The molecule has 1 aliphatic heterocycles. The Bertz CT molecular complexity index is 967. The maximum Gasteiger partial charge on any atom is 0.275 e. The third-order valence-electron chi connectivity index (χ3n) is 5.40. The van der Waals surface area contributed by atoms with Crippen molar-refractivity contribution in [3.05, 3.63) is 58.8 Å². The summed E-state index contributed by atoms with van der Waals surface area (Å²) in [6, 6.07) is 12.4. The summed E-state index contributed by atoms with van der Waals surface area (Å²) in [5, 5.41) is 8.17. The van der Waals surface area contributed by atoms with Gasteiger partial charge >= 0.3 is 0 Å². The average molecular weight is 348 g/mol. The van der Waals surface area contributed by atoms with Gasteiger partial charge in [0.15, 0.2) is 5.69 Å². The van der Waals surface area contributed by atoms with Crippen molar-refractivity contribution in [2.24, 2.45) is 0 Å². The summed E-state index contributed by atoms with van der Waals surface area (Å²) in [6.07, 6.45) is 0. The largest absolute Gasteiger partial charge is 0.368 e. The molecule has 5 heteroatoms. The second-order valence-electron chi connectivity index (χ2n) is 7.12. The van der Waals surface area contributed by atoms with E-state index in [1.807, 2.05) is 30.0 Å². The predicted molar refractivity (Wildman–Crippen MR) is 105 cm³/mol. The van der Waals surface area contributed by atoms with E-state index in [-0.39, 0.29) is 5.91 Å². The highest BCUT2D eigenvalue weighted by Gasteiger charge is 2.26. The molecule has 2 aromatic carbocycles. The Morgan fingerprint density at radius 1 is 1.04 bits per heavy atom. The fourth-order valence-corrected chi connectivity index (χ4v) is 3.67. The van der Waals surface area contributed by atoms with Crippen LogP contribution in [-0.4, -0.2) is 47.2 Å². The van der Waals surface area contributed by atoms with Gasteiger partial charge in [0, 0.05) is 37.3 Å². The van der Waals surface area contributed by atoms with Crippen molar-refractivity contribution < 1.29 is 4.79 Å². The van der Waals surface area contributed by atoms with Crippen molar-refractivity contribution in [2.45, 2.75) is 20.8 Å². The average Bonchev–Trinajstić information content (AvgIpc) is 3.06. The quantitative estimate of drug-likeness (QED) is 0.772. The van der Waals surface area contributed by atoms with E-state index >= 15 is 0 Å². The molecule has 3 aromatic rings. The Labute approximate surface area is 153 Å². The molecule has 0 unspecified atom stereocenters. The molecule has 5 nitrogen and oxygen atoms in total. The molecular weight excluding hydrogens is 324 g/mol. The standard InChI is InChI=1S/C21H24N4O/c1-14-7-8-18-17(13-14)20(23-22-18)21(26)25-11-9-24(10-12-25)19-6-4-5-15(2)16(19)3/h4-8,13H,9-12H2,1-3H3,(H,22,23). The first-order valence-corrected chi connectivity index (χ1v) is 9.10. The van der Waals surface area contributed by atoms with E-state index in [4.69, 9.17) is 0 Å². The first-order valence-electron chi connectivity index (χ1n) is 9.10. The van der Waals surface area contributed by atoms with Gasteiger partial charge in [0.2, 0.25) is 0 Å². The highest BCUT2D eigenvalue weighted by Crippen LogP contribution is 2.25. The molecule has 134 valence electrons. The lowest BCUT2D eigenvalue weighted by Crippen LogP contribution is -2.49. The van der Waals surface area contributed by atoms with Gasteiger partial charge in [-0.15, -0.1) is 0 Å². The molecule has 1 saturated heterocycles. The summed E-state index contributed by atoms with van der Waals surface area (Å²) in [7, 11) is 0. The van der Waals surface area contributed by atoms with Crippen molar-refractivity contribution in [1.82, 2.24) is 15.1 Å². The van der Waals surface area contributed by atoms with Gasteiger partial charge in [-0.3, -0.25) is 9.89 Å². The fraction of sp³-hybridized carbons (Fsp3) is 0.333. The van der Waals surface area contributed by atoms with Crippen LogP contribution in [-0.2, 0) is 0 Å². The number of nitrogens with one attached hydrogen (secondary N) is 1. The number of aryl methyl sites for hydroxylation is 2. The molecule has 4 rings (SSSR count). The molecule has 0 spiro atoms. The van der Waals surface area contributed by atoms with Gasteiger partial charge in [-0.1, -0.05) is 23.8 Å². The Morgan fingerprint density at radius 2 is 1.81 bits per heavy atom. The van der Waals surface area contributed by atoms with Crippen molar-refractivity contribution in [3.8, 4) is 0 Å². The second kappa shape index (κ2) is 6.48. The summed E-state index contributed by atoms with van der Waals surface area (Å²) in [5.41, 5.74) is 6.47. The molecular formula is C21H24N4O. The van der Waals surface area contributed by atoms with E-state index in [0.717, 1.165) is 29.6 Å². The van der Waals surface area contributed by atoms with Gasteiger partial charge < -0.3 is 9.80 Å². The summed E-state index contributed by atoms with van der Waals surface area (Å²) < 4.78 is 0. The summed E-state index contributed by atoms with van der Waals surface area (Å²) in [5.74, 6) is 0.0162. The molecule has 0 radical (unpaired) electrons. The third kappa shape index (κ3) is 2.83. The number of hydrogen-bond donors (Lipinski definition) is 1. The number of piperazine rings is 1. The van der Waals surface area contributed by atoms with E-state index in [9.17, 15) is 4.79 Å². The summed E-state index contributed by atoms with van der Waals surface area (Å²) in [4.78, 5) is 17.3. The molecule has 1 aliphatic rings. The fourth-order valence-electron chi connectivity index (χ4n) is 3.67. The number of anilines is 1. The van der Waals surface area contributed by atoms with Gasteiger partial charge in [-0.25, -0.2) is 0 Å². The number of aromatic amines is 1. The maximum absolute atomic E-state index is 13.0. The second-order valence-corrected chi connectivity index (χ2v) is 7.12. The monoisotopic (exact) mass is 348 g/mol. The smallest absolute Gasteiger partial charge is 0.275 e. The van der Waals surface area contributed by atoms with Crippen molar-refractivity contribution in [2.75, 3.05) is 31.1 Å². The third-order valence-corrected chi connectivity index (χ3v) is 5.40. The normalized spacial score (nSPS) is 14.9. The number of rotatable bonds is 2. The molecule has 1 N–H and O–H groups in total. The number of H-pyrrole nitrogens is 1. The Kier molecular flexibility index (Phi) is 4.15. The highest BCUT2D eigenvalue weighted by atomic mass is 16.2. The number of amides is 1. The SMILES string of the molecule is Cc1ccc2[nH]nc(C(=O)N3CCN(c4cccc(C)c4C)CC3)c2c1. The van der Waals surface area contributed by atoms with Crippen LogP contribution in [0.25, 0.3) is 10.9 Å². The van der Waals surface area contributed by atoms with Crippen molar-refractivity contribution >= 4 is 22.5 Å². The van der Waals surface area contributed by atoms with Crippen LogP contribution < -0.4 is 4.90 Å². The van der Waals surface area contributed by atoms with Crippen LogP contribution in [0.5, 0.6) is 0 Å². The molecule has 1 amide bonds. The maximum atomic E-state index is 13.0. The summed E-state index contributed by atoms with van der Waals surface area (Å²) in [6.45, 7) is 9.46. The molecule has 0 saturated carbocycles. The van der Waals surface area contributed by atoms with E-state index < -0.39 is 0 Å². The minimum atomic E-state index is 0.0162. The lowest BCUT2D eigenvalue weighted by molar-refractivity contribution is 0.0742. The van der Waals surface area contributed by atoms with E-state index in [1.165, 1.54) is 16.8 Å². The van der Waals surface area contributed by atoms with Crippen LogP contribution >= 0.6 is 0 Å². The van der Waals surface area contributed by atoms with Crippen LogP contribution in [0.2, 0.25) is 0 Å². The van der Waals surface area contributed by atoms with E-state index in [1.54, 1.807) is 0 Å². The van der Waals surface area contributed by atoms with Gasteiger partial charge in [0.1, 0.15) is 0 Å². The number of benzene rings is 2. The van der Waals surface area contributed by atoms with Crippen LogP contribution in [0.1, 0.15) is 27.2 Å². The van der Waals surface area contributed by atoms with E-state index in [2.05, 4.69) is 47.1 Å². The molecule has 0 aliphatic carbocycles. The zero-order valence-corrected chi connectivity index (χ0v) is 15.5. The zero-order chi connectivity index (χ0) is 18.3. The number of fused-ring (bicyclic) bond motifs is 1. The van der Waals surface area contributed by atoms with Gasteiger partial charge in [0.05, 0.1) is 5.52 Å². The Morgan fingerprint density at radius 3 is 2.58 bits per heavy atom. The topological polar surface area (TPSA) is 52.2 Å². The van der Waals surface area contributed by atoms with Crippen molar-refractivity contribution in [1.29, 1.82) is 0 Å². The van der Waals surface area contributed by atoms with Gasteiger partial charge in [-0.2, -0.15) is 5.10 Å². The van der Waals surface area contributed by atoms with Crippen LogP contribution in [0.3, 0.4) is 0 Å². The summed E-state index contributed by atoms with van der Waals surface area (Å²) >= 11 is 0. The van der Waals surface area contributed by atoms with Gasteiger partial charge in [-0.05, 0) is 50.1 Å². The van der Waals surface area contributed by atoms with Crippen molar-refractivity contribution in [3.63, 3.8) is 0 Å². The highest BCUT2D eigenvalue weighted by molar-refractivity contribution is 6.04. The molecule has 1 aromatic heterocycles. The van der Waals surface area contributed by atoms with Crippen LogP contribution in [0, 0.1) is 20.8 Å². The lowest BCUT2D eigenvalue weighted by Gasteiger charge is -2.36. The Balaban J connectivity index is 1.51. The molecule has 0 bridgehead atoms. The Hall–Kier alpha value is -2.82. The number of carbonyl (C=O) groups excluding carboxylic acids is 1. The number of carbonyl (C=O) groups is 1. The zero-order valence-electron chi connectivity index (χ0n) is 15.5. The van der Waals surface area contributed by atoms with E-state index in [0.29, 0.717) is 18.8 Å². The lowest BCUT2D eigenvalue weighted by atomic mass is 10.1. The number of hydrogen-bond acceptors (Lipinski definition) is 3. The minimum Gasteiger partial charge on any atom is -0.368 e. The van der Waals surface area contributed by atoms with Crippen LogP contribution in [0.15, 0.2) is 36.4 Å². The number of nitrogens with zero attached hydrogens (tertiary/aromatic N) is 3. The molecule has 1 fully saturated rings. The molecule has 0 atom stereocenters. The molecule has 2 heterocycles. The van der Waals surface area contributed by atoms with Gasteiger partial charge in [0.25, 0.3) is 5.91 Å². The molecule has 26 heavy (non-hydrogen) atoms. The van der Waals surface area contributed by atoms with Crippen LogP contribution in [0.4, 0.5) is 5.69 Å².